The van der Waals surface area contributed by atoms with Crippen LogP contribution < -0.4 is 0 Å². The van der Waals surface area contributed by atoms with Gasteiger partial charge in [0.25, 0.3) is 0 Å². The molecule has 0 unspecified atom stereocenters. The van der Waals surface area contributed by atoms with Crippen LogP contribution in [-0.4, -0.2) is 92.6 Å². The second-order valence-electron chi connectivity index (χ2n) is 31.0. The van der Waals surface area contributed by atoms with E-state index in [0.717, 1.165) is 40.1 Å². The minimum absolute atomic E-state index is 0.133. The Morgan fingerprint density at radius 1 is 0.250 bits per heavy atom. The predicted molar refractivity (Wildman–Crippen MR) is 400 cm³/mol. The van der Waals surface area contributed by atoms with Crippen molar-refractivity contribution in [3.05, 3.63) is 206 Å². The molecule has 4 aliphatic heterocycles. The Hall–Kier alpha value is -7.24. The van der Waals surface area contributed by atoms with Crippen LogP contribution in [0.25, 0.3) is 44.5 Å². The lowest BCUT2D eigenvalue weighted by Crippen LogP contribution is -2.17. The van der Waals surface area contributed by atoms with Crippen molar-refractivity contribution >= 4 is 87.3 Å². The van der Waals surface area contributed by atoms with Gasteiger partial charge in [-0.3, -0.25) is 0 Å². The zero-order chi connectivity index (χ0) is 69.1. The second-order valence-corrected chi connectivity index (χ2v) is 34.7. The molecule has 4 N–H and O–H groups in total. The molecule has 0 saturated carbocycles. The van der Waals surface area contributed by atoms with E-state index < -0.39 is 0 Å². The summed E-state index contributed by atoms with van der Waals surface area (Å²) >= 11 is 14.3. The average molecular weight is 1550 g/mol. The molecular formula is C80H80Br4N4O8. The fourth-order valence-electron chi connectivity index (χ4n) is 14.5. The molecule has 12 nitrogen and oxygen atoms in total. The smallest absolute Gasteiger partial charge is 0.220 e. The number of aromatic hydroxyl groups is 4. The molecule has 8 aromatic rings. The zero-order valence-corrected chi connectivity index (χ0v) is 63.4. The van der Waals surface area contributed by atoms with Gasteiger partial charge in [-0.05, 0) is 241 Å². The summed E-state index contributed by atoms with van der Waals surface area (Å²) in [6.45, 7) is 36.1. The molecule has 496 valence electrons. The van der Waals surface area contributed by atoms with Crippen LogP contribution in [0.5, 0.6) is 23.0 Å². The predicted octanol–water partition coefficient (Wildman–Crippen LogP) is 20.1. The van der Waals surface area contributed by atoms with Crippen molar-refractivity contribution in [3.63, 3.8) is 0 Å². The lowest BCUT2D eigenvalue weighted by molar-refractivity contribution is 0.279. The number of phenolic OH excluding ortho intramolecular Hbond substituents is 4. The largest absolute Gasteiger partial charge is 0.507 e. The van der Waals surface area contributed by atoms with Crippen molar-refractivity contribution < 1.29 is 39.4 Å². The van der Waals surface area contributed by atoms with Crippen molar-refractivity contribution in [3.8, 4) is 67.5 Å². The minimum atomic E-state index is -0.246. The van der Waals surface area contributed by atoms with Crippen molar-refractivity contribution in [2.75, 3.05) is 26.4 Å². The standard InChI is InChI=1S/4C20H20BrNO2/c4*1-19(2)10-24-18(22-19)14-8-16-13(9-17(14)23)12-6-5-11(21)7-15(12)20(16,3)4/h4*5-9,23H,10H2,1-4H3. The number of hydrogen-bond donors (Lipinski definition) is 4. The average Bonchev–Trinajstić information content (AvgIpc) is 1.60. The van der Waals surface area contributed by atoms with Gasteiger partial charge >= 0.3 is 0 Å². The summed E-state index contributed by atoms with van der Waals surface area (Å²) in [4.78, 5) is 18.5. The van der Waals surface area contributed by atoms with Gasteiger partial charge < -0.3 is 39.4 Å². The van der Waals surface area contributed by atoms with Gasteiger partial charge in [-0.1, -0.05) is 143 Å². The number of hydrogen-bond acceptors (Lipinski definition) is 12. The number of rotatable bonds is 4. The fourth-order valence-corrected chi connectivity index (χ4v) is 16.0. The molecule has 8 aromatic carbocycles. The molecule has 0 radical (unpaired) electrons. The SMILES string of the molecule is CC1(C)COC(c2cc3c(cc2O)-c2ccc(Br)cc2C3(C)C)=N1.CC1(C)COC(c2cc3c(cc2O)-c2ccc(Br)cc2C3(C)C)=N1.CC1(C)COC(c2cc3c(cc2O)-c2ccc(Br)cc2C3(C)C)=N1.CC1(C)COC(c2cc3c(cc2O)-c2ccc(Br)cc2C3(C)C)=N1. The number of fused-ring (bicyclic) bond motifs is 12. The van der Waals surface area contributed by atoms with E-state index in [1.165, 1.54) is 66.8 Å². The van der Waals surface area contributed by atoms with Crippen LogP contribution in [0.1, 0.15) is 178 Å². The van der Waals surface area contributed by atoms with Crippen LogP contribution in [0.3, 0.4) is 0 Å². The maximum atomic E-state index is 10.6. The first-order valence-electron chi connectivity index (χ1n) is 32.4. The molecule has 0 atom stereocenters. The van der Waals surface area contributed by atoms with Gasteiger partial charge in [0.15, 0.2) is 0 Å². The van der Waals surface area contributed by atoms with Gasteiger partial charge in [-0.15, -0.1) is 0 Å². The molecule has 0 fully saturated rings. The van der Waals surface area contributed by atoms with Gasteiger partial charge in [0.05, 0.1) is 44.4 Å². The highest BCUT2D eigenvalue weighted by molar-refractivity contribution is 9.11. The fraction of sp³-hybridized carbons (Fsp3) is 0.350. The maximum Gasteiger partial charge on any atom is 0.220 e. The third-order valence-corrected chi connectivity index (χ3v) is 21.8. The molecule has 96 heavy (non-hydrogen) atoms. The van der Waals surface area contributed by atoms with Crippen LogP contribution >= 0.6 is 63.7 Å². The number of nitrogens with zero attached hydrogens (tertiary/aromatic N) is 4. The highest BCUT2D eigenvalue weighted by Gasteiger charge is 2.43. The van der Waals surface area contributed by atoms with E-state index in [1.807, 2.05) is 128 Å². The molecule has 16 rings (SSSR count). The Labute approximate surface area is 596 Å². The number of aliphatic imine (C=N–C) groups is 4. The van der Waals surface area contributed by atoms with Crippen LogP contribution in [0, 0.1) is 0 Å². The Morgan fingerprint density at radius 2 is 0.427 bits per heavy atom. The third kappa shape index (κ3) is 11.8. The van der Waals surface area contributed by atoms with E-state index in [2.05, 4.69) is 188 Å². The Balaban J connectivity index is 0.000000116. The molecule has 0 bridgehead atoms. The van der Waals surface area contributed by atoms with Crippen molar-refractivity contribution in [1.82, 2.24) is 0 Å². The van der Waals surface area contributed by atoms with E-state index >= 15 is 0 Å². The van der Waals surface area contributed by atoms with Crippen LogP contribution in [0.4, 0.5) is 0 Å². The minimum Gasteiger partial charge on any atom is -0.507 e. The summed E-state index contributed by atoms with van der Waals surface area (Å²) in [6.07, 6.45) is 0. The van der Waals surface area contributed by atoms with Crippen molar-refractivity contribution in [2.24, 2.45) is 20.0 Å². The zero-order valence-electron chi connectivity index (χ0n) is 57.1. The monoisotopic (exact) mass is 1540 g/mol. The second kappa shape index (κ2) is 23.2. The summed E-state index contributed by atoms with van der Waals surface area (Å²) in [5.41, 5.74) is 20.1. The molecule has 4 aliphatic carbocycles. The normalized spacial score (nSPS) is 19.5. The molecule has 16 heteroatoms. The summed E-state index contributed by atoms with van der Waals surface area (Å²) < 4.78 is 27.2. The molecule has 0 spiro atoms. The topological polar surface area (TPSA) is 167 Å². The van der Waals surface area contributed by atoms with Crippen LogP contribution in [-0.2, 0) is 40.6 Å². The van der Waals surface area contributed by atoms with E-state index in [-0.39, 0.29) is 66.8 Å². The number of phenols is 4. The quantitative estimate of drug-likeness (QED) is 0.135. The van der Waals surface area contributed by atoms with E-state index in [4.69, 9.17) is 18.9 Å². The van der Waals surface area contributed by atoms with E-state index in [1.54, 1.807) is 0 Å². The molecule has 8 aliphatic rings. The molecule has 0 aromatic heterocycles. The van der Waals surface area contributed by atoms with Gasteiger partial charge in [0, 0.05) is 39.6 Å². The summed E-state index contributed by atoms with van der Waals surface area (Å²) in [5, 5.41) is 42.3. The maximum absolute atomic E-state index is 10.6. The van der Waals surface area contributed by atoms with Crippen LogP contribution in [0.15, 0.2) is 159 Å². The summed E-state index contributed by atoms with van der Waals surface area (Å²) in [5.74, 6) is 3.02. The first kappa shape index (κ1) is 67.3. The van der Waals surface area contributed by atoms with E-state index in [9.17, 15) is 20.4 Å². The Bertz CT molecular complexity index is 4180. The lowest BCUT2D eigenvalue weighted by Gasteiger charge is -2.22. The highest BCUT2D eigenvalue weighted by atomic mass is 79.9. The molecular weight excluding hydrogens is 1460 g/mol. The van der Waals surface area contributed by atoms with Gasteiger partial charge in [-0.25, -0.2) is 20.0 Å². The number of benzene rings is 8. The van der Waals surface area contributed by atoms with Gasteiger partial charge in [-0.2, -0.15) is 0 Å². The Kier molecular flexibility index (Phi) is 16.3. The molecule has 0 amide bonds. The molecule has 0 saturated heterocycles. The van der Waals surface area contributed by atoms with E-state index in [0.29, 0.717) is 72.3 Å². The number of halogens is 4. The Morgan fingerprint density at radius 3 is 0.594 bits per heavy atom. The third-order valence-electron chi connectivity index (χ3n) is 19.8. The van der Waals surface area contributed by atoms with Gasteiger partial charge in [0.1, 0.15) is 49.4 Å². The number of ether oxygens (including phenoxy) is 4. The highest BCUT2D eigenvalue weighted by Crippen LogP contribution is 2.56. The first-order chi connectivity index (χ1) is 44.8. The van der Waals surface area contributed by atoms with Gasteiger partial charge in [0.2, 0.25) is 23.6 Å². The summed E-state index contributed by atoms with van der Waals surface area (Å²) in [6, 6.07) is 40.8. The van der Waals surface area contributed by atoms with Crippen LogP contribution in [0.2, 0.25) is 0 Å². The van der Waals surface area contributed by atoms with Crippen molar-refractivity contribution in [2.45, 2.75) is 155 Å². The summed E-state index contributed by atoms with van der Waals surface area (Å²) in [7, 11) is 0. The first-order valence-corrected chi connectivity index (χ1v) is 35.6. The van der Waals surface area contributed by atoms with Crippen molar-refractivity contribution in [1.29, 1.82) is 0 Å². The molecule has 4 heterocycles. The lowest BCUT2D eigenvalue weighted by atomic mass is 9.82.